The van der Waals surface area contributed by atoms with Crippen molar-refractivity contribution in [1.82, 2.24) is 10.2 Å². The Bertz CT molecular complexity index is 80.1. The molecule has 0 aliphatic carbocycles. The smallest absolute Gasteiger partial charge is 0.0229 e. The van der Waals surface area contributed by atoms with Crippen LogP contribution in [0.5, 0.6) is 0 Å². The summed E-state index contributed by atoms with van der Waals surface area (Å²) in [5, 5.41) is 3.16. The maximum absolute atomic E-state index is 3.16. The van der Waals surface area contributed by atoms with Crippen LogP contribution in [0.2, 0.25) is 0 Å². The Hall–Kier alpha value is 0.500. The topological polar surface area (TPSA) is 15.3 Å². The predicted molar refractivity (Wildman–Crippen MR) is 49.5 cm³/mol. The average molecular weight is 187 g/mol. The minimum Gasteiger partial charge on any atom is -0.318 e. The SMILES string of the molecule is CNCC1CCN1C.Cl.Cl. The van der Waals surface area contributed by atoms with Crippen LogP contribution in [0.1, 0.15) is 6.42 Å². The Balaban J connectivity index is 0. The summed E-state index contributed by atoms with van der Waals surface area (Å²) in [4.78, 5) is 2.37. The summed E-state index contributed by atoms with van der Waals surface area (Å²) >= 11 is 0. The fraction of sp³-hybridized carbons (Fsp3) is 1.00. The van der Waals surface area contributed by atoms with Gasteiger partial charge in [0.1, 0.15) is 0 Å². The van der Waals surface area contributed by atoms with Crippen LogP contribution in [0.4, 0.5) is 0 Å². The third-order valence-corrected chi connectivity index (χ3v) is 1.88. The molecule has 1 N–H and O–H groups in total. The maximum atomic E-state index is 3.16. The van der Waals surface area contributed by atoms with Gasteiger partial charge in [-0.15, -0.1) is 24.8 Å². The number of hydrogen-bond donors (Lipinski definition) is 1. The van der Waals surface area contributed by atoms with Crippen molar-refractivity contribution in [3.8, 4) is 0 Å². The second kappa shape index (κ2) is 6.23. The summed E-state index contributed by atoms with van der Waals surface area (Å²) in [7, 11) is 4.18. The fourth-order valence-electron chi connectivity index (χ4n) is 1.06. The lowest BCUT2D eigenvalue weighted by Crippen LogP contribution is -2.49. The van der Waals surface area contributed by atoms with Gasteiger partial charge in [-0.1, -0.05) is 0 Å². The van der Waals surface area contributed by atoms with Crippen LogP contribution in [0, 0.1) is 0 Å². The summed E-state index contributed by atoms with van der Waals surface area (Å²) in [5.41, 5.74) is 0. The van der Waals surface area contributed by atoms with Crippen LogP contribution in [-0.4, -0.2) is 38.1 Å². The molecule has 1 aliphatic heterocycles. The summed E-state index contributed by atoms with van der Waals surface area (Å²) in [6.07, 6.45) is 1.37. The van der Waals surface area contributed by atoms with Crippen molar-refractivity contribution in [2.45, 2.75) is 12.5 Å². The Labute approximate surface area is 75.2 Å². The predicted octanol–water partition coefficient (Wildman–Crippen LogP) is 0.753. The molecule has 1 atom stereocenters. The van der Waals surface area contributed by atoms with Gasteiger partial charge in [-0.3, -0.25) is 0 Å². The van der Waals surface area contributed by atoms with Crippen molar-refractivity contribution < 1.29 is 0 Å². The van der Waals surface area contributed by atoms with Gasteiger partial charge in [0, 0.05) is 12.6 Å². The van der Waals surface area contributed by atoms with Crippen LogP contribution >= 0.6 is 24.8 Å². The lowest BCUT2D eigenvalue weighted by atomic mass is 10.1. The minimum atomic E-state index is 0. The molecule has 2 nitrogen and oxygen atoms in total. The van der Waals surface area contributed by atoms with Crippen molar-refractivity contribution in [3.63, 3.8) is 0 Å². The largest absolute Gasteiger partial charge is 0.318 e. The molecular weight excluding hydrogens is 171 g/mol. The number of halogens is 2. The van der Waals surface area contributed by atoms with Crippen molar-refractivity contribution in [3.05, 3.63) is 0 Å². The lowest BCUT2D eigenvalue weighted by Gasteiger charge is -2.37. The number of rotatable bonds is 2. The zero-order chi connectivity index (χ0) is 5.98. The van der Waals surface area contributed by atoms with Crippen molar-refractivity contribution in [1.29, 1.82) is 0 Å². The molecule has 64 valence electrons. The van der Waals surface area contributed by atoms with Crippen LogP contribution in [0.3, 0.4) is 0 Å². The van der Waals surface area contributed by atoms with Crippen molar-refractivity contribution in [2.75, 3.05) is 27.2 Å². The van der Waals surface area contributed by atoms with E-state index in [4.69, 9.17) is 0 Å². The van der Waals surface area contributed by atoms with Crippen molar-refractivity contribution in [2.24, 2.45) is 0 Å². The maximum Gasteiger partial charge on any atom is 0.0229 e. The molecule has 0 spiro atoms. The van der Waals surface area contributed by atoms with Gasteiger partial charge < -0.3 is 10.2 Å². The fourth-order valence-corrected chi connectivity index (χ4v) is 1.06. The van der Waals surface area contributed by atoms with Gasteiger partial charge in [-0.2, -0.15) is 0 Å². The molecule has 0 saturated carbocycles. The molecule has 1 unspecified atom stereocenters. The Kier molecular flexibility index (Phi) is 8.17. The van der Waals surface area contributed by atoms with E-state index in [1.54, 1.807) is 0 Å². The van der Waals surface area contributed by atoms with E-state index in [-0.39, 0.29) is 24.8 Å². The van der Waals surface area contributed by atoms with Gasteiger partial charge >= 0.3 is 0 Å². The first kappa shape index (κ1) is 13.1. The third kappa shape index (κ3) is 3.06. The molecular formula is C6H16Cl2N2. The first-order valence-electron chi connectivity index (χ1n) is 3.19. The Morgan fingerprint density at radius 1 is 1.50 bits per heavy atom. The zero-order valence-electron chi connectivity index (χ0n) is 6.46. The van der Waals surface area contributed by atoms with Gasteiger partial charge in [-0.05, 0) is 27.1 Å². The van der Waals surface area contributed by atoms with Gasteiger partial charge in [0.05, 0.1) is 0 Å². The molecule has 1 heterocycles. The van der Waals surface area contributed by atoms with Gasteiger partial charge in [0.15, 0.2) is 0 Å². The quantitative estimate of drug-likeness (QED) is 0.686. The molecule has 10 heavy (non-hydrogen) atoms. The highest BCUT2D eigenvalue weighted by Crippen LogP contribution is 2.11. The second-order valence-corrected chi connectivity index (χ2v) is 2.48. The molecule has 0 aromatic carbocycles. The summed E-state index contributed by atoms with van der Waals surface area (Å²) in [6, 6.07) is 0.819. The number of hydrogen-bond acceptors (Lipinski definition) is 2. The number of nitrogens with one attached hydrogen (secondary N) is 1. The number of likely N-dealkylation sites (N-methyl/N-ethyl adjacent to an activating group) is 2. The summed E-state index contributed by atoms with van der Waals surface area (Å²) in [5.74, 6) is 0. The van der Waals surface area contributed by atoms with Crippen LogP contribution in [-0.2, 0) is 0 Å². The highest BCUT2D eigenvalue weighted by atomic mass is 35.5. The van der Waals surface area contributed by atoms with E-state index < -0.39 is 0 Å². The van der Waals surface area contributed by atoms with Crippen LogP contribution < -0.4 is 5.32 Å². The molecule has 1 saturated heterocycles. The van der Waals surface area contributed by atoms with E-state index >= 15 is 0 Å². The summed E-state index contributed by atoms with van der Waals surface area (Å²) < 4.78 is 0. The molecule has 0 amide bonds. The Morgan fingerprint density at radius 2 is 2.10 bits per heavy atom. The molecule has 4 heteroatoms. The van der Waals surface area contributed by atoms with E-state index in [1.807, 2.05) is 7.05 Å². The molecule has 1 rings (SSSR count). The summed E-state index contributed by atoms with van der Waals surface area (Å²) in [6.45, 7) is 2.43. The van der Waals surface area contributed by atoms with Crippen LogP contribution in [0.15, 0.2) is 0 Å². The zero-order valence-corrected chi connectivity index (χ0v) is 8.10. The van der Waals surface area contributed by atoms with Crippen molar-refractivity contribution >= 4 is 24.8 Å². The average Bonchev–Trinajstić information content (AvgIpc) is 1.79. The van der Waals surface area contributed by atoms with E-state index in [1.165, 1.54) is 13.0 Å². The normalized spacial score (nSPS) is 24.0. The number of nitrogens with zero attached hydrogens (tertiary/aromatic N) is 1. The number of likely N-dealkylation sites (tertiary alicyclic amines) is 1. The highest BCUT2D eigenvalue weighted by molar-refractivity contribution is 5.85. The van der Waals surface area contributed by atoms with E-state index in [9.17, 15) is 0 Å². The highest BCUT2D eigenvalue weighted by Gasteiger charge is 2.22. The standard InChI is InChI=1S/C6H14N2.2ClH/c1-7-5-6-3-4-8(6)2;;/h6-7H,3-5H2,1-2H3;2*1H. The molecule has 0 aromatic heterocycles. The molecule has 1 aliphatic rings. The van der Waals surface area contributed by atoms with E-state index in [2.05, 4.69) is 17.3 Å². The Morgan fingerprint density at radius 3 is 2.20 bits per heavy atom. The molecule has 0 radical (unpaired) electrons. The molecule has 1 fully saturated rings. The van der Waals surface area contributed by atoms with Gasteiger partial charge in [0.25, 0.3) is 0 Å². The van der Waals surface area contributed by atoms with Gasteiger partial charge in [0.2, 0.25) is 0 Å². The minimum absolute atomic E-state index is 0. The first-order valence-corrected chi connectivity index (χ1v) is 3.19. The van der Waals surface area contributed by atoms with E-state index in [0.717, 1.165) is 12.6 Å². The molecule has 0 bridgehead atoms. The van der Waals surface area contributed by atoms with Crippen LogP contribution in [0.25, 0.3) is 0 Å². The first-order chi connectivity index (χ1) is 3.84. The molecule has 0 aromatic rings. The lowest BCUT2D eigenvalue weighted by molar-refractivity contribution is 0.127. The van der Waals surface area contributed by atoms with Gasteiger partial charge in [-0.25, -0.2) is 0 Å². The third-order valence-electron chi connectivity index (χ3n) is 1.88. The monoisotopic (exact) mass is 186 g/mol. The van der Waals surface area contributed by atoms with E-state index in [0.29, 0.717) is 0 Å². The second-order valence-electron chi connectivity index (χ2n) is 2.48.